The van der Waals surface area contributed by atoms with Gasteiger partial charge in [0.1, 0.15) is 17.5 Å². The molecule has 0 amide bonds. The van der Waals surface area contributed by atoms with Gasteiger partial charge in [0.2, 0.25) is 0 Å². The monoisotopic (exact) mass is 671 g/mol. The number of hydrogen-bond acceptors (Lipinski definition) is 11. The molecule has 3 rings (SSSR count). The van der Waals surface area contributed by atoms with Gasteiger partial charge in [-0.2, -0.15) is 0 Å². The number of ether oxygens (including phenoxy) is 2. The summed E-state index contributed by atoms with van der Waals surface area (Å²) < 4.78 is 40.5. The van der Waals surface area contributed by atoms with Crippen LogP contribution in [0.15, 0.2) is 12.7 Å². The summed E-state index contributed by atoms with van der Waals surface area (Å²) in [6.45, 7) is 26.7. The minimum atomic E-state index is -2.46. The fourth-order valence-corrected chi connectivity index (χ4v) is 8.83. The van der Waals surface area contributed by atoms with Gasteiger partial charge in [0, 0.05) is 5.92 Å². The van der Waals surface area contributed by atoms with E-state index in [4.69, 9.17) is 33.1 Å². The lowest BCUT2D eigenvalue weighted by atomic mass is 9.94. The van der Waals surface area contributed by atoms with Crippen molar-refractivity contribution >= 4 is 48.0 Å². The van der Waals surface area contributed by atoms with Crippen LogP contribution in [0, 0.1) is 5.92 Å². The Bertz CT molecular complexity index is 1260. The van der Waals surface area contributed by atoms with Gasteiger partial charge in [0.05, 0.1) is 45.5 Å². The highest BCUT2D eigenvalue weighted by Crippen LogP contribution is 2.55. The third-order valence-electron chi connectivity index (χ3n) is 9.26. The Kier molecular flexibility index (Phi) is 11.8. The molecule has 44 heavy (non-hydrogen) atoms. The van der Waals surface area contributed by atoms with Crippen molar-refractivity contribution in [2.24, 2.45) is 5.92 Å². The number of nitrogens with zero attached hydrogens (tertiary/aromatic N) is 4. The normalized spacial score (nSPS) is 22.6. The van der Waals surface area contributed by atoms with Crippen molar-refractivity contribution in [2.75, 3.05) is 32.7 Å². The van der Waals surface area contributed by atoms with E-state index in [2.05, 4.69) is 82.7 Å². The Morgan fingerprint density at radius 1 is 1.02 bits per heavy atom. The predicted octanol–water partition coefficient (Wildman–Crippen LogP) is 6.26. The molecule has 0 radical (unpaired) electrons. The molecule has 0 saturated carbocycles. The fraction of sp³-hybridized carbons (Fsp3) is 0.793. The SMILES string of the molecule is CCOP(OCC)C(C(=O)OC)[C@H]1[C@@H](O[Si](C)(C)C(C)(C)C)[C@H](n2cnc3c(N)ncnc32)O[C@@H]1CO[Si](C)(C)C(C)(C)C. The van der Waals surface area contributed by atoms with Gasteiger partial charge in [-0.05, 0) is 50.1 Å². The van der Waals surface area contributed by atoms with Crippen LogP contribution in [-0.4, -0.2) is 86.9 Å². The second-order valence-corrected chi connectivity index (χ2v) is 25.4. The predicted molar refractivity (Wildman–Crippen MR) is 178 cm³/mol. The number of aromatic nitrogens is 4. The summed E-state index contributed by atoms with van der Waals surface area (Å²) in [6.07, 6.45) is 1.18. The molecule has 1 saturated heterocycles. The van der Waals surface area contributed by atoms with Gasteiger partial charge in [0.25, 0.3) is 0 Å². The van der Waals surface area contributed by atoms with Crippen LogP contribution in [-0.2, 0) is 32.2 Å². The zero-order chi connectivity index (χ0) is 33.3. The van der Waals surface area contributed by atoms with Gasteiger partial charge in [0.15, 0.2) is 42.7 Å². The van der Waals surface area contributed by atoms with E-state index in [1.165, 1.54) is 13.4 Å². The maximum Gasteiger partial charge on any atom is 0.318 e. The van der Waals surface area contributed by atoms with Crippen LogP contribution in [0.2, 0.25) is 36.3 Å². The average molecular weight is 672 g/mol. The van der Waals surface area contributed by atoms with E-state index in [1.54, 1.807) is 6.33 Å². The first kappa shape index (κ1) is 36.9. The number of nitrogens with two attached hydrogens (primary N) is 1. The second-order valence-electron chi connectivity index (χ2n) is 14.2. The number of carbonyl (C=O) groups excluding carboxylic acids is 1. The van der Waals surface area contributed by atoms with E-state index < -0.39 is 61.0 Å². The molecular formula is C29H54N5O7PSi2. The van der Waals surface area contributed by atoms with Crippen molar-refractivity contribution in [2.45, 2.75) is 116 Å². The van der Waals surface area contributed by atoms with Crippen molar-refractivity contribution < 1.29 is 32.2 Å². The van der Waals surface area contributed by atoms with E-state index >= 15 is 0 Å². The lowest BCUT2D eigenvalue weighted by Gasteiger charge is -2.42. The van der Waals surface area contributed by atoms with Gasteiger partial charge in [-0.3, -0.25) is 9.36 Å². The highest BCUT2D eigenvalue weighted by atomic mass is 31.2. The van der Waals surface area contributed by atoms with Crippen LogP contribution in [0.1, 0.15) is 61.6 Å². The summed E-state index contributed by atoms with van der Waals surface area (Å²) in [4.78, 5) is 26.9. The Morgan fingerprint density at radius 3 is 2.14 bits per heavy atom. The van der Waals surface area contributed by atoms with E-state index in [0.717, 1.165) is 0 Å². The van der Waals surface area contributed by atoms with Crippen molar-refractivity contribution in [3.8, 4) is 0 Å². The summed E-state index contributed by atoms with van der Waals surface area (Å²) in [7, 11) is -4.99. The zero-order valence-electron chi connectivity index (χ0n) is 28.8. The molecule has 1 aliphatic heterocycles. The van der Waals surface area contributed by atoms with E-state index in [9.17, 15) is 4.79 Å². The fourth-order valence-electron chi connectivity index (χ4n) is 4.68. The molecular weight excluding hydrogens is 617 g/mol. The summed E-state index contributed by atoms with van der Waals surface area (Å²) in [6, 6.07) is 0. The molecule has 1 unspecified atom stereocenters. The molecule has 2 N–H and O–H groups in total. The van der Waals surface area contributed by atoms with Crippen LogP contribution in [0.4, 0.5) is 5.82 Å². The van der Waals surface area contributed by atoms with E-state index in [-0.39, 0.29) is 22.5 Å². The molecule has 2 aromatic rings. The van der Waals surface area contributed by atoms with Crippen molar-refractivity contribution in [1.82, 2.24) is 19.5 Å². The van der Waals surface area contributed by atoms with Gasteiger partial charge in [-0.1, -0.05) is 41.5 Å². The summed E-state index contributed by atoms with van der Waals surface area (Å²) in [5.74, 6) is -0.700. The van der Waals surface area contributed by atoms with Crippen molar-refractivity contribution in [3.05, 3.63) is 12.7 Å². The highest BCUT2D eigenvalue weighted by molar-refractivity contribution is 7.49. The Morgan fingerprint density at radius 2 is 1.61 bits per heavy atom. The van der Waals surface area contributed by atoms with Gasteiger partial charge in [-0.15, -0.1) is 0 Å². The Balaban J connectivity index is 2.27. The minimum absolute atomic E-state index is 0.0302. The van der Waals surface area contributed by atoms with Crippen molar-refractivity contribution in [3.63, 3.8) is 0 Å². The molecule has 0 spiro atoms. The number of fused-ring (bicyclic) bond motifs is 1. The molecule has 1 fully saturated rings. The molecule has 15 heteroatoms. The van der Waals surface area contributed by atoms with Crippen LogP contribution in [0.5, 0.6) is 0 Å². The number of esters is 1. The third-order valence-corrected chi connectivity index (χ3v) is 20.3. The number of imidazole rings is 1. The number of rotatable bonds is 13. The minimum Gasteiger partial charge on any atom is -0.468 e. The number of nitrogen functional groups attached to an aromatic ring is 1. The number of anilines is 1. The Hall–Kier alpha value is -1.52. The number of hydrogen-bond donors (Lipinski definition) is 1. The Labute approximate surface area is 266 Å². The molecule has 12 nitrogen and oxygen atoms in total. The van der Waals surface area contributed by atoms with E-state index in [0.29, 0.717) is 24.4 Å². The van der Waals surface area contributed by atoms with Crippen LogP contribution < -0.4 is 5.73 Å². The smallest absolute Gasteiger partial charge is 0.318 e. The largest absolute Gasteiger partial charge is 0.468 e. The van der Waals surface area contributed by atoms with Crippen LogP contribution in [0.3, 0.4) is 0 Å². The lowest BCUT2D eigenvalue weighted by Crippen LogP contribution is -2.51. The standard InChI is InChI=1S/C29H54N5O7PSi2/c1-14-37-42(38-15-2)23(27(35)36-9)20-19(16-39-43(10,11)28(3,4)5)40-26(22(20)41-44(12,13)29(6,7)8)34-18-33-21-24(30)31-17-32-25(21)34/h17-20,22-23,26H,14-16H2,1-13H3,(H2,30,31,32)/t19-,20-,22-,23?,26-/m1/s1. The lowest BCUT2D eigenvalue weighted by molar-refractivity contribution is -0.142. The first-order valence-electron chi connectivity index (χ1n) is 15.3. The maximum atomic E-state index is 13.8. The summed E-state index contributed by atoms with van der Waals surface area (Å²) in [5.41, 5.74) is 6.34. The number of carbonyl (C=O) groups is 1. The van der Waals surface area contributed by atoms with E-state index in [1.807, 2.05) is 18.4 Å². The third kappa shape index (κ3) is 7.71. The molecule has 250 valence electrons. The quantitative estimate of drug-likeness (QED) is 0.146. The summed E-state index contributed by atoms with van der Waals surface area (Å²) in [5, 5.41) is -0.162. The molecule has 2 aromatic heterocycles. The van der Waals surface area contributed by atoms with Gasteiger partial charge < -0.3 is 33.1 Å². The van der Waals surface area contributed by atoms with Crippen molar-refractivity contribution in [1.29, 1.82) is 0 Å². The van der Waals surface area contributed by atoms with Crippen LogP contribution >= 0.6 is 8.38 Å². The summed E-state index contributed by atoms with van der Waals surface area (Å²) >= 11 is 0. The average Bonchev–Trinajstić information content (AvgIpc) is 3.49. The molecule has 0 aliphatic carbocycles. The van der Waals surface area contributed by atoms with Gasteiger partial charge in [-0.25, -0.2) is 15.0 Å². The second kappa shape index (κ2) is 14.1. The molecule has 0 bridgehead atoms. The van der Waals surface area contributed by atoms with Crippen LogP contribution in [0.25, 0.3) is 11.2 Å². The van der Waals surface area contributed by atoms with Gasteiger partial charge >= 0.3 is 5.97 Å². The first-order valence-corrected chi connectivity index (χ1v) is 22.4. The number of methoxy groups -OCH3 is 1. The highest BCUT2D eigenvalue weighted by Gasteiger charge is 2.58. The molecule has 3 heterocycles. The molecule has 5 atom stereocenters. The zero-order valence-corrected chi connectivity index (χ0v) is 31.7. The topological polar surface area (TPSA) is 142 Å². The maximum absolute atomic E-state index is 13.8. The first-order chi connectivity index (χ1) is 20.3. The molecule has 1 aliphatic rings. The molecule has 0 aromatic carbocycles.